The van der Waals surface area contributed by atoms with E-state index in [1.54, 1.807) is 12.3 Å². The molecule has 140 valence electrons. The Hall–Kier alpha value is -2.15. The van der Waals surface area contributed by atoms with Crippen LogP contribution in [0.15, 0.2) is 28.9 Å². The highest BCUT2D eigenvalue weighted by Crippen LogP contribution is 2.31. The first-order valence-corrected chi connectivity index (χ1v) is 9.13. The number of benzene rings is 1. The van der Waals surface area contributed by atoms with E-state index < -0.39 is 11.7 Å². The van der Waals surface area contributed by atoms with E-state index in [-0.39, 0.29) is 22.0 Å². The van der Waals surface area contributed by atoms with Gasteiger partial charge in [0.2, 0.25) is 5.88 Å². The lowest BCUT2D eigenvalue weighted by Crippen LogP contribution is -2.18. The zero-order valence-corrected chi connectivity index (χ0v) is 16.8. The summed E-state index contributed by atoms with van der Waals surface area (Å²) in [6.07, 6.45) is 3.26. The molecular weight excluding hydrogens is 403 g/mol. The molecule has 7 heteroatoms. The number of hydrogen-bond donors (Lipinski definition) is 1. The van der Waals surface area contributed by atoms with Gasteiger partial charge in [-0.2, -0.15) is 0 Å². The predicted molar refractivity (Wildman–Crippen MR) is 103 cm³/mol. The Labute approximate surface area is 161 Å². The van der Waals surface area contributed by atoms with Gasteiger partial charge in [0.15, 0.2) is 0 Å². The lowest BCUT2D eigenvalue weighted by atomic mass is 10.1. The average Bonchev–Trinajstić information content (AvgIpc) is 2.59. The van der Waals surface area contributed by atoms with Gasteiger partial charge in [0, 0.05) is 6.20 Å². The molecule has 26 heavy (non-hydrogen) atoms. The SMILES string of the molecule is CCCC(C)Oc1cc(Br)c(F)cc1C(=O)Nc1c(C)ccnc1OC. The van der Waals surface area contributed by atoms with Gasteiger partial charge >= 0.3 is 0 Å². The van der Waals surface area contributed by atoms with Crippen LogP contribution in [0.3, 0.4) is 0 Å². The van der Waals surface area contributed by atoms with Crippen molar-refractivity contribution in [1.82, 2.24) is 4.98 Å². The minimum Gasteiger partial charge on any atom is -0.490 e. The number of nitrogens with zero attached hydrogens (tertiary/aromatic N) is 1. The van der Waals surface area contributed by atoms with Crippen LogP contribution >= 0.6 is 15.9 Å². The second-order valence-electron chi connectivity index (χ2n) is 5.95. The number of hydrogen-bond acceptors (Lipinski definition) is 4. The summed E-state index contributed by atoms with van der Waals surface area (Å²) in [7, 11) is 1.47. The van der Waals surface area contributed by atoms with Gasteiger partial charge in [-0.1, -0.05) is 13.3 Å². The number of amides is 1. The zero-order valence-electron chi connectivity index (χ0n) is 15.2. The normalized spacial score (nSPS) is 11.8. The van der Waals surface area contributed by atoms with E-state index in [1.165, 1.54) is 13.2 Å². The summed E-state index contributed by atoms with van der Waals surface area (Å²) in [6, 6.07) is 4.39. The van der Waals surface area contributed by atoms with E-state index >= 15 is 0 Å². The Bertz CT molecular complexity index is 799. The Morgan fingerprint density at radius 3 is 2.81 bits per heavy atom. The molecule has 0 saturated carbocycles. The molecule has 2 aromatic rings. The lowest BCUT2D eigenvalue weighted by Gasteiger charge is -2.18. The van der Waals surface area contributed by atoms with E-state index in [1.807, 2.05) is 20.8 Å². The first-order chi connectivity index (χ1) is 12.4. The van der Waals surface area contributed by atoms with E-state index in [0.717, 1.165) is 24.5 Å². The molecule has 1 unspecified atom stereocenters. The number of carbonyl (C=O) groups excluding carboxylic acids is 1. The van der Waals surface area contributed by atoms with Crippen LogP contribution in [0.25, 0.3) is 0 Å². The fourth-order valence-corrected chi connectivity index (χ4v) is 2.83. The molecule has 0 aliphatic rings. The van der Waals surface area contributed by atoms with Crippen LogP contribution in [0.2, 0.25) is 0 Å². The van der Waals surface area contributed by atoms with Gasteiger partial charge in [0.1, 0.15) is 17.3 Å². The Morgan fingerprint density at radius 2 is 2.15 bits per heavy atom. The molecule has 1 amide bonds. The summed E-state index contributed by atoms with van der Waals surface area (Å²) in [4.78, 5) is 16.9. The summed E-state index contributed by atoms with van der Waals surface area (Å²) in [6.45, 7) is 5.78. The maximum atomic E-state index is 14.0. The van der Waals surface area contributed by atoms with E-state index in [2.05, 4.69) is 26.2 Å². The Morgan fingerprint density at radius 1 is 1.42 bits per heavy atom. The molecule has 0 fully saturated rings. The summed E-state index contributed by atoms with van der Waals surface area (Å²) < 4.78 is 25.3. The van der Waals surface area contributed by atoms with Gasteiger partial charge in [0.05, 0.1) is 23.2 Å². The summed E-state index contributed by atoms with van der Waals surface area (Å²) >= 11 is 3.14. The van der Waals surface area contributed by atoms with Crippen LogP contribution in [-0.2, 0) is 0 Å². The van der Waals surface area contributed by atoms with Crippen molar-refractivity contribution >= 4 is 27.5 Å². The molecule has 0 spiro atoms. The third-order valence-electron chi connectivity index (χ3n) is 3.85. The van der Waals surface area contributed by atoms with Gasteiger partial charge in [0.25, 0.3) is 5.91 Å². The van der Waals surface area contributed by atoms with Crippen molar-refractivity contribution in [2.45, 2.75) is 39.7 Å². The number of rotatable bonds is 7. The van der Waals surface area contributed by atoms with Crippen molar-refractivity contribution in [3.8, 4) is 11.6 Å². The van der Waals surface area contributed by atoms with Crippen LogP contribution in [0.5, 0.6) is 11.6 Å². The smallest absolute Gasteiger partial charge is 0.259 e. The van der Waals surface area contributed by atoms with Crippen LogP contribution in [0.1, 0.15) is 42.6 Å². The third-order valence-corrected chi connectivity index (χ3v) is 4.45. The Balaban J connectivity index is 2.38. The van der Waals surface area contributed by atoms with Crippen molar-refractivity contribution in [3.63, 3.8) is 0 Å². The van der Waals surface area contributed by atoms with Gasteiger partial charge in [-0.25, -0.2) is 9.37 Å². The van der Waals surface area contributed by atoms with Gasteiger partial charge < -0.3 is 14.8 Å². The van der Waals surface area contributed by atoms with E-state index in [4.69, 9.17) is 9.47 Å². The number of aryl methyl sites for hydroxylation is 1. The van der Waals surface area contributed by atoms with Gasteiger partial charge in [-0.3, -0.25) is 4.79 Å². The van der Waals surface area contributed by atoms with Crippen LogP contribution in [0.4, 0.5) is 10.1 Å². The molecule has 1 aromatic carbocycles. The maximum Gasteiger partial charge on any atom is 0.259 e. The third kappa shape index (κ3) is 4.72. The minimum atomic E-state index is -0.541. The lowest BCUT2D eigenvalue weighted by molar-refractivity contribution is 0.101. The highest BCUT2D eigenvalue weighted by atomic mass is 79.9. The molecule has 2 rings (SSSR count). The topological polar surface area (TPSA) is 60.5 Å². The van der Waals surface area contributed by atoms with Crippen LogP contribution in [-0.4, -0.2) is 24.1 Å². The predicted octanol–water partition coefficient (Wildman–Crippen LogP) is 5.12. The highest BCUT2D eigenvalue weighted by molar-refractivity contribution is 9.10. The fourth-order valence-electron chi connectivity index (χ4n) is 2.51. The molecule has 0 saturated heterocycles. The monoisotopic (exact) mass is 424 g/mol. The number of anilines is 1. The highest BCUT2D eigenvalue weighted by Gasteiger charge is 2.20. The molecule has 0 bridgehead atoms. The molecule has 0 aliphatic heterocycles. The van der Waals surface area contributed by atoms with Crippen LogP contribution in [0, 0.1) is 12.7 Å². The van der Waals surface area contributed by atoms with E-state index in [9.17, 15) is 9.18 Å². The summed E-state index contributed by atoms with van der Waals surface area (Å²) in [5.41, 5.74) is 1.33. The first kappa shape index (κ1) is 20.2. The Kier molecular flexibility index (Phi) is 6.97. The number of nitrogens with one attached hydrogen (secondary N) is 1. The molecule has 0 aliphatic carbocycles. The molecule has 5 nitrogen and oxygen atoms in total. The quantitative estimate of drug-likeness (QED) is 0.669. The van der Waals surface area contributed by atoms with Crippen molar-refractivity contribution in [3.05, 3.63) is 45.8 Å². The van der Waals surface area contributed by atoms with E-state index in [0.29, 0.717) is 11.4 Å². The standard InChI is InChI=1S/C19H22BrFN2O3/c1-5-6-12(3)26-16-10-14(20)15(21)9-13(16)18(24)23-17-11(2)7-8-22-19(17)25-4/h7-10,12H,5-6H2,1-4H3,(H,23,24). The summed E-state index contributed by atoms with van der Waals surface area (Å²) in [5.74, 6) is -0.431. The number of carbonyl (C=O) groups is 1. The van der Waals surface area contributed by atoms with Gasteiger partial charge in [-0.15, -0.1) is 0 Å². The number of methoxy groups -OCH3 is 1. The number of aromatic nitrogens is 1. The molecule has 0 radical (unpaired) electrons. The summed E-state index contributed by atoms with van der Waals surface area (Å²) in [5, 5.41) is 2.75. The molecule has 1 aromatic heterocycles. The van der Waals surface area contributed by atoms with Crippen molar-refractivity contribution in [2.24, 2.45) is 0 Å². The molecule has 1 atom stereocenters. The minimum absolute atomic E-state index is 0.0985. The number of pyridine rings is 1. The second-order valence-corrected chi connectivity index (χ2v) is 6.80. The average molecular weight is 425 g/mol. The number of halogens is 2. The molecular formula is C19H22BrFN2O3. The fraction of sp³-hybridized carbons (Fsp3) is 0.368. The van der Waals surface area contributed by atoms with Crippen molar-refractivity contribution < 1.29 is 18.7 Å². The first-order valence-electron chi connectivity index (χ1n) is 8.34. The molecule has 1 heterocycles. The maximum absolute atomic E-state index is 14.0. The zero-order chi connectivity index (χ0) is 19.3. The number of ether oxygens (including phenoxy) is 2. The van der Waals surface area contributed by atoms with Crippen molar-refractivity contribution in [1.29, 1.82) is 0 Å². The molecule has 1 N–H and O–H groups in total. The second kappa shape index (κ2) is 8.98. The largest absolute Gasteiger partial charge is 0.490 e. The van der Waals surface area contributed by atoms with Gasteiger partial charge in [-0.05, 0) is 60.0 Å². The van der Waals surface area contributed by atoms with Crippen LogP contribution < -0.4 is 14.8 Å². The van der Waals surface area contributed by atoms with Crippen molar-refractivity contribution in [2.75, 3.05) is 12.4 Å².